The summed E-state index contributed by atoms with van der Waals surface area (Å²) in [7, 11) is 1.60. The highest BCUT2D eigenvalue weighted by Gasteiger charge is 2.27. The number of ketones is 1. The number of para-hydroxylation sites is 1. The maximum atomic E-state index is 12.8. The minimum absolute atomic E-state index is 0.0328. The van der Waals surface area contributed by atoms with Crippen LogP contribution in [0.1, 0.15) is 46.4 Å². The summed E-state index contributed by atoms with van der Waals surface area (Å²) in [4.78, 5) is 39.9. The summed E-state index contributed by atoms with van der Waals surface area (Å²) in [5.41, 5.74) is 1.71. The third kappa shape index (κ3) is 5.53. The van der Waals surface area contributed by atoms with Gasteiger partial charge in [-0.25, -0.2) is 0 Å². The summed E-state index contributed by atoms with van der Waals surface area (Å²) < 4.78 is 5.15. The van der Waals surface area contributed by atoms with Crippen LogP contribution >= 0.6 is 0 Å². The first-order valence-electron chi connectivity index (χ1n) is 11.1. The fourth-order valence-electron chi connectivity index (χ4n) is 4.02. The van der Waals surface area contributed by atoms with Gasteiger partial charge in [-0.05, 0) is 75.2 Å². The van der Waals surface area contributed by atoms with Gasteiger partial charge in [-0.15, -0.1) is 0 Å². The topological polar surface area (TPSA) is 87.7 Å². The summed E-state index contributed by atoms with van der Waals surface area (Å²) in [6.45, 7) is 1.61. The average Bonchev–Trinajstić information content (AvgIpc) is 3.63. The SMILES string of the molecule is COc1ccc(C(=O)C2CCN(CC(=O)Nc3ccccc3C(=O)NC3CC3)CC2)cc1. The Morgan fingerprint density at radius 1 is 0.969 bits per heavy atom. The summed E-state index contributed by atoms with van der Waals surface area (Å²) in [5, 5.41) is 5.84. The van der Waals surface area contributed by atoms with Gasteiger partial charge in [-0.1, -0.05) is 12.1 Å². The lowest BCUT2D eigenvalue weighted by atomic mass is 9.89. The number of carbonyl (C=O) groups is 3. The zero-order chi connectivity index (χ0) is 22.5. The van der Waals surface area contributed by atoms with Gasteiger partial charge in [-0.3, -0.25) is 19.3 Å². The Morgan fingerprint density at radius 3 is 2.31 bits per heavy atom. The van der Waals surface area contributed by atoms with Gasteiger partial charge in [0, 0.05) is 17.5 Å². The molecule has 2 N–H and O–H groups in total. The molecule has 2 aromatic rings. The van der Waals surface area contributed by atoms with Crippen molar-refractivity contribution < 1.29 is 19.1 Å². The Hall–Kier alpha value is -3.19. The Morgan fingerprint density at radius 2 is 1.66 bits per heavy atom. The lowest BCUT2D eigenvalue weighted by Crippen LogP contribution is -2.41. The van der Waals surface area contributed by atoms with Crippen LogP contribution in [0, 0.1) is 5.92 Å². The van der Waals surface area contributed by atoms with Gasteiger partial charge in [0.05, 0.1) is 24.9 Å². The highest BCUT2D eigenvalue weighted by Crippen LogP contribution is 2.24. The smallest absolute Gasteiger partial charge is 0.253 e. The van der Waals surface area contributed by atoms with Gasteiger partial charge >= 0.3 is 0 Å². The zero-order valence-electron chi connectivity index (χ0n) is 18.3. The van der Waals surface area contributed by atoms with Crippen LogP contribution in [0.3, 0.4) is 0 Å². The molecule has 1 heterocycles. The third-order valence-electron chi connectivity index (χ3n) is 6.06. The highest BCUT2D eigenvalue weighted by molar-refractivity contribution is 6.04. The molecule has 0 bridgehead atoms. The summed E-state index contributed by atoms with van der Waals surface area (Å²) >= 11 is 0. The predicted molar refractivity (Wildman–Crippen MR) is 122 cm³/mol. The molecule has 1 saturated carbocycles. The average molecular weight is 436 g/mol. The van der Waals surface area contributed by atoms with Crippen molar-refractivity contribution in [2.45, 2.75) is 31.7 Å². The van der Waals surface area contributed by atoms with Crippen LogP contribution < -0.4 is 15.4 Å². The number of rotatable bonds is 8. The number of piperidine rings is 1. The van der Waals surface area contributed by atoms with Crippen molar-refractivity contribution in [3.63, 3.8) is 0 Å². The van der Waals surface area contributed by atoms with Crippen LogP contribution in [0.2, 0.25) is 0 Å². The maximum Gasteiger partial charge on any atom is 0.253 e. The number of nitrogens with zero attached hydrogens (tertiary/aromatic N) is 1. The Labute approximate surface area is 188 Å². The molecule has 0 aromatic heterocycles. The van der Waals surface area contributed by atoms with E-state index in [1.807, 2.05) is 0 Å². The van der Waals surface area contributed by atoms with Crippen LogP contribution in [-0.4, -0.2) is 55.3 Å². The molecule has 2 aromatic carbocycles. The molecule has 2 amide bonds. The van der Waals surface area contributed by atoms with Crippen molar-refractivity contribution in [3.05, 3.63) is 59.7 Å². The molecule has 0 spiro atoms. The predicted octanol–water partition coefficient (Wildman–Crippen LogP) is 3.12. The number of hydrogen-bond acceptors (Lipinski definition) is 5. The van der Waals surface area contributed by atoms with Crippen LogP contribution in [0.25, 0.3) is 0 Å². The normalized spacial score (nSPS) is 16.9. The molecule has 168 valence electrons. The Bertz CT molecular complexity index is 977. The molecule has 7 heteroatoms. The van der Waals surface area contributed by atoms with E-state index in [-0.39, 0.29) is 36.1 Å². The minimum atomic E-state index is -0.156. The van der Waals surface area contributed by atoms with E-state index in [2.05, 4.69) is 15.5 Å². The second-order valence-electron chi connectivity index (χ2n) is 8.48. The van der Waals surface area contributed by atoms with Crippen LogP contribution in [-0.2, 0) is 4.79 Å². The first-order valence-corrected chi connectivity index (χ1v) is 11.1. The van der Waals surface area contributed by atoms with Crippen molar-refractivity contribution in [1.29, 1.82) is 0 Å². The number of nitrogens with one attached hydrogen (secondary N) is 2. The first kappa shape index (κ1) is 22.0. The molecule has 1 aliphatic carbocycles. The van der Waals surface area contributed by atoms with E-state index in [9.17, 15) is 14.4 Å². The molecule has 0 atom stereocenters. The van der Waals surface area contributed by atoms with Crippen molar-refractivity contribution in [3.8, 4) is 5.75 Å². The van der Waals surface area contributed by atoms with E-state index in [1.54, 1.807) is 55.6 Å². The molecule has 32 heavy (non-hydrogen) atoms. The molecule has 1 aliphatic heterocycles. The quantitative estimate of drug-likeness (QED) is 0.622. The number of benzene rings is 2. The summed E-state index contributed by atoms with van der Waals surface area (Å²) in [6.07, 6.45) is 3.46. The number of ether oxygens (including phenoxy) is 1. The van der Waals surface area contributed by atoms with Crippen LogP contribution in [0.15, 0.2) is 48.5 Å². The standard InChI is InChI=1S/C25H29N3O4/c1-32-20-10-6-17(7-11-20)24(30)18-12-14-28(15-13-18)16-23(29)27-22-5-3-2-4-21(22)25(31)26-19-8-9-19/h2-7,10-11,18-19H,8-9,12-16H2,1H3,(H,26,31)(H,27,29). The Kier molecular flexibility index (Phi) is 6.85. The minimum Gasteiger partial charge on any atom is -0.497 e. The molecule has 0 unspecified atom stereocenters. The van der Waals surface area contributed by atoms with Gasteiger partial charge < -0.3 is 15.4 Å². The van der Waals surface area contributed by atoms with Gasteiger partial charge in [-0.2, -0.15) is 0 Å². The summed E-state index contributed by atoms with van der Waals surface area (Å²) in [5.74, 6) is 0.536. The fraction of sp³-hybridized carbons (Fsp3) is 0.400. The third-order valence-corrected chi connectivity index (χ3v) is 6.06. The lowest BCUT2D eigenvalue weighted by Gasteiger charge is -2.30. The second-order valence-corrected chi connectivity index (χ2v) is 8.48. The van der Waals surface area contributed by atoms with E-state index in [4.69, 9.17) is 4.74 Å². The van der Waals surface area contributed by atoms with E-state index < -0.39 is 0 Å². The van der Waals surface area contributed by atoms with Crippen LogP contribution in [0.4, 0.5) is 5.69 Å². The number of methoxy groups -OCH3 is 1. The highest BCUT2D eigenvalue weighted by atomic mass is 16.5. The van der Waals surface area contributed by atoms with E-state index >= 15 is 0 Å². The summed E-state index contributed by atoms with van der Waals surface area (Å²) in [6, 6.07) is 14.5. The van der Waals surface area contributed by atoms with Crippen molar-refractivity contribution in [1.82, 2.24) is 10.2 Å². The number of Topliss-reactive ketones (excluding diaryl/α,β-unsaturated/α-hetero) is 1. The van der Waals surface area contributed by atoms with Gasteiger partial charge in [0.1, 0.15) is 5.75 Å². The first-order chi connectivity index (χ1) is 15.5. The fourth-order valence-corrected chi connectivity index (χ4v) is 4.02. The largest absolute Gasteiger partial charge is 0.497 e. The number of amides is 2. The monoisotopic (exact) mass is 435 g/mol. The van der Waals surface area contributed by atoms with Crippen molar-refractivity contribution in [2.24, 2.45) is 5.92 Å². The second kappa shape index (κ2) is 9.96. The van der Waals surface area contributed by atoms with Gasteiger partial charge in [0.15, 0.2) is 5.78 Å². The van der Waals surface area contributed by atoms with E-state index in [1.165, 1.54) is 0 Å². The van der Waals surface area contributed by atoms with Crippen molar-refractivity contribution in [2.75, 3.05) is 32.1 Å². The lowest BCUT2D eigenvalue weighted by molar-refractivity contribution is -0.117. The zero-order valence-corrected chi connectivity index (χ0v) is 18.3. The molecule has 1 saturated heterocycles. The Balaban J connectivity index is 1.27. The number of hydrogen-bond donors (Lipinski definition) is 2. The molecule has 0 radical (unpaired) electrons. The molecule has 7 nitrogen and oxygen atoms in total. The maximum absolute atomic E-state index is 12.8. The van der Waals surface area contributed by atoms with Gasteiger partial charge in [0.2, 0.25) is 5.91 Å². The van der Waals surface area contributed by atoms with E-state index in [0.717, 1.165) is 31.4 Å². The van der Waals surface area contributed by atoms with Crippen LogP contribution in [0.5, 0.6) is 5.75 Å². The molecule has 2 fully saturated rings. The number of anilines is 1. The molecule has 2 aliphatic rings. The van der Waals surface area contributed by atoms with E-state index in [0.29, 0.717) is 29.9 Å². The number of likely N-dealkylation sites (tertiary alicyclic amines) is 1. The number of carbonyl (C=O) groups excluding carboxylic acids is 3. The van der Waals surface area contributed by atoms with Gasteiger partial charge in [0.25, 0.3) is 5.91 Å². The van der Waals surface area contributed by atoms with Crippen molar-refractivity contribution >= 4 is 23.3 Å². The molecular formula is C25H29N3O4. The molecule has 4 rings (SSSR count). The molecular weight excluding hydrogens is 406 g/mol.